The SMILES string of the molecule is OCc1c(CBr)ccc2sc(Cl)cc12. The van der Waals surface area contributed by atoms with Crippen LogP contribution in [0.4, 0.5) is 0 Å². The van der Waals surface area contributed by atoms with Crippen molar-refractivity contribution >= 4 is 49.0 Å². The van der Waals surface area contributed by atoms with E-state index in [2.05, 4.69) is 15.9 Å². The Balaban J connectivity index is 2.75. The van der Waals surface area contributed by atoms with E-state index in [-0.39, 0.29) is 6.61 Å². The molecule has 1 aromatic heterocycles. The molecule has 74 valence electrons. The fourth-order valence-corrected chi connectivity index (χ4v) is 3.19. The van der Waals surface area contributed by atoms with Crippen LogP contribution >= 0.6 is 38.9 Å². The van der Waals surface area contributed by atoms with Crippen molar-refractivity contribution in [3.05, 3.63) is 33.7 Å². The maximum atomic E-state index is 9.30. The van der Waals surface area contributed by atoms with Crippen LogP contribution in [0.25, 0.3) is 10.1 Å². The van der Waals surface area contributed by atoms with Crippen molar-refractivity contribution in [2.45, 2.75) is 11.9 Å². The molecule has 0 aliphatic carbocycles. The molecule has 0 saturated carbocycles. The van der Waals surface area contributed by atoms with Crippen LogP contribution in [0, 0.1) is 0 Å². The predicted octanol–water partition coefficient (Wildman–Crippen LogP) is 3.94. The standard InChI is InChI=1S/C10H8BrClOS/c11-4-6-1-2-9-7(8(6)5-13)3-10(12)14-9/h1-3,13H,4-5H2. The lowest BCUT2D eigenvalue weighted by molar-refractivity contribution is 0.282. The van der Waals surface area contributed by atoms with Crippen LogP contribution in [0.15, 0.2) is 18.2 Å². The topological polar surface area (TPSA) is 20.2 Å². The summed E-state index contributed by atoms with van der Waals surface area (Å²) in [6.07, 6.45) is 0. The molecule has 14 heavy (non-hydrogen) atoms. The van der Waals surface area contributed by atoms with E-state index in [4.69, 9.17) is 11.6 Å². The largest absolute Gasteiger partial charge is 0.392 e. The van der Waals surface area contributed by atoms with E-state index in [1.807, 2.05) is 18.2 Å². The summed E-state index contributed by atoms with van der Waals surface area (Å²) >= 11 is 10.9. The molecule has 0 unspecified atom stereocenters. The molecule has 2 aromatic rings. The van der Waals surface area contributed by atoms with Gasteiger partial charge in [0.2, 0.25) is 0 Å². The van der Waals surface area contributed by atoms with Crippen LogP contribution in [0.3, 0.4) is 0 Å². The normalized spacial score (nSPS) is 11.1. The maximum Gasteiger partial charge on any atom is 0.0940 e. The summed E-state index contributed by atoms with van der Waals surface area (Å²) in [5, 5.41) is 11.1. The molecule has 1 heterocycles. The Hall–Kier alpha value is -0.0900. The van der Waals surface area contributed by atoms with E-state index in [0.29, 0.717) is 0 Å². The Labute approximate surface area is 99.4 Å². The molecule has 1 aromatic carbocycles. The molecule has 2 rings (SSSR count). The number of rotatable bonds is 2. The number of hydrogen-bond acceptors (Lipinski definition) is 2. The zero-order chi connectivity index (χ0) is 10.1. The van der Waals surface area contributed by atoms with Crippen molar-refractivity contribution in [3.63, 3.8) is 0 Å². The number of hydrogen-bond donors (Lipinski definition) is 1. The monoisotopic (exact) mass is 290 g/mol. The number of halogens is 2. The second-order valence-corrected chi connectivity index (χ2v) is 5.23. The molecule has 0 atom stereocenters. The van der Waals surface area contributed by atoms with Crippen molar-refractivity contribution in [2.75, 3.05) is 0 Å². The van der Waals surface area contributed by atoms with E-state index in [0.717, 1.165) is 30.9 Å². The third kappa shape index (κ3) is 1.70. The first-order valence-corrected chi connectivity index (χ1v) is 6.44. The maximum absolute atomic E-state index is 9.30. The molecule has 0 bridgehead atoms. The molecule has 0 aliphatic rings. The van der Waals surface area contributed by atoms with Gasteiger partial charge in [-0.15, -0.1) is 11.3 Å². The molecule has 0 fully saturated rings. The summed E-state index contributed by atoms with van der Waals surface area (Å²) in [6, 6.07) is 5.98. The zero-order valence-electron chi connectivity index (χ0n) is 7.26. The highest BCUT2D eigenvalue weighted by molar-refractivity contribution is 9.08. The van der Waals surface area contributed by atoms with Gasteiger partial charge in [0.15, 0.2) is 0 Å². The van der Waals surface area contributed by atoms with E-state index in [1.165, 1.54) is 11.3 Å². The molecule has 0 saturated heterocycles. The highest BCUT2D eigenvalue weighted by Gasteiger charge is 2.08. The lowest BCUT2D eigenvalue weighted by Crippen LogP contribution is -1.90. The Morgan fingerprint density at radius 2 is 2.21 bits per heavy atom. The van der Waals surface area contributed by atoms with Gasteiger partial charge in [-0.1, -0.05) is 33.6 Å². The highest BCUT2D eigenvalue weighted by atomic mass is 79.9. The summed E-state index contributed by atoms with van der Waals surface area (Å²) in [5.41, 5.74) is 2.09. The smallest absolute Gasteiger partial charge is 0.0940 e. The van der Waals surface area contributed by atoms with Crippen LogP contribution in [0.1, 0.15) is 11.1 Å². The van der Waals surface area contributed by atoms with Gasteiger partial charge in [0.05, 0.1) is 10.9 Å². The van der Waals surface area contributed by atoms with E-state index in [1.54, 1.807) is 0 Å². The first-order valence-electron chi connectivity index (χ1n) is 4.13. The minimum atomic E-state index is 0.0608. The first-order chi connectivity index (χ1) is 6.76. The molecule has 4 heteroatoms. The van der Waals surface area contributed by atoms with Crippen molar-refractivity contribution in [3.8, 4) is 0 Å². The Morgan fingerprint density at radius 1 is 1.43 bits per heavy atom. The number of aliphatic hydroxyl groups excluding tert-OH is 1. The number of fused-ring (bicyclic) bond motifs is 1. The minimum absolute atomic E-state index is 0.0608. The predicted molar refractivity (Wildman–Crippen MR) is 65.4 cm³/mol. The number of alkyl halides is 1. The molecule has 1 nitrogen and oxygen atoms in total. The number of thiophene rings is 1. The van der Waals surface area contributed by atoms with Crippen LogP contribution in [-0.2, 0) is 11.9 Å². The van der Waals surface area contributed by atoms with Gasteiger partial charge in [-0.2, -0.15) is 0 Å². The van der Waals surface area contributed by atoms with Crippen LogP contribution in [0.5, 0.6) is 0 Å². The van der Waals surface area contributed by atoms with Gasteiger partial charge in [-0.3, -0.25) is 0 Å². The van der Waals surface area contributed by atoms with Gasteiger partial charge in [0, 0.05) is 10.0 Å². The third-order valence-electron chi connectivity index (χ3n) is 2.18. The molecule has 0 aliphatic heterocycles. The van der Waals surface area contributed by atoms with Crippen LogP contribution in [0.2, 0.25) is 4.34 Å². The Bertz CT molecular complexity index is 466. The molecular weight excluding hydrogens is 284 g/mol. The molecule has 0 radical (unpaired) electrons. The zero-order valence-corrected chi connectivity index (χ0v) is 10.4. The molecule has 1 N–H and O–H groups in total. The third-order valence-corrected chi connectivity index (χ3v) is 4.01. The summed E-state index contributed by atoms with van der Waals surface area (Å²) in [6.45, 7) is 0.0608. The average molecular weight is 292 g/mol. The van der Waals surface area contributed by atoms with Gasteiger partial charge < -0.3 is 5.11 Å². The van der Waals surface area contributed by atoms with Crippen LogP contribution in [-0.4, -0.2) is 5.11 Å². The lowest BCUT2D eigenvalue weighted by Gasteiger charge is -2.05. The molecule has 0 amide bonds. The quantitative estimate of drug-likeness (QED) is 0.831. The summed E-state index contributed by atoms with van der Waals surface area (Å²) in [4.78, 5) is 0. The van der Waals surface area contributed by atoms with Crippen LogP contribution < -0.4 is 0 Å². The van der Waals surface area contributed by atoms with Crippen molar-refractivity contribution < 1.29 is 5.11 Å². The number of benzene rings is 1. The van der Waals surface area contributed by atoms with Gasteiger partial charge >= 0.3 is 0 Å². The van der Waals surface area contributed by atoms with Gasteiger partial charge in [-0.25, -0.2) is 0 Å². The number of aliphatic hydroxyl groups is 1. The first kappa shape index (κ1) is 10.4. The van der Waals surface area contributed by atoms with Crippen molar-refractivity contribution in [1.29, 1.82) is 0 Å². The minimum Gasteiger partial charge on any atom is -0.392 e. The fraction of sp³-hybridized carbons (Fsp3) is 0.200. The molecular formula is C10H8BrClOS. The van der Waals surface area contributed by atoms with E-state index < -0.39 is 0 Å². The van der Waals surface area contributed by atoms with Gasteiger partial charge in [0.25, 0.3) is 0 Å². The fourth-order valence-electron chi connectivity index (χ4n) is 1.50. The summed E-state index contributed by atoms with van der Waals surface area (Å²) in [5.74, 6) is 0. The van der Waals surface area contributed by atoms with Gasteiger partial charge in [0.1, 0.15) is 0 Å². The molecule has 0 spiro atoms. The second kappa shape index (κ2) is 4.19. The second-order valence-electron chi connectivity index (χ2n) is 2.96. The van der Waals surface area contributed by atoms with E-state index >= 15 is 0 Å². The average Bonchev–Trinajstić information content (AvgIpc) is 2.56. The Morgan fingerprint density at radius 3 is 2.86 bits per heavy atom. The highest BCUT2D eigenvalue weighted by Crippen LogP contribution is 2.33. The Kier molecular flexibility index (Phi) is 3.12. The summed E-state index contributed by atoms with van der Waals surface area (Å²) < 4.78 is 1.89. The lowest BCUT2D eigenvalue weighted by atomic mass is 10.1. The summed E-state index contributed by atoms with van der Waals surface area (Å²) in [7, 11) is 0. The van der Waals surface area contributed by atoms with E-state index in [9.17, 15) is 5.11 Å². The van der Waals surface area contributed by atoms with Crippen molar-refractivity contribution in [1.82, 2.24) is 0 Å². The van der Waals surface area contributed by atoms with Gasteiger partial charge in [-0.05, 0) is 28.6 Å². The van der Waals surface area contributed by atoms with Crippen molar-refractivity contribution in [2.24, 2.45) is 0 Å².